The third kappa shape index (κ3) is 4.14. The SMILES string of the molecule is C[C@H](CCC(=O)N=C1N=c2ccccc2=N1)[C@@H]1CC[C@@H]2[C@@H]3CC[C@H]4C[C@H](O)CC[C@]4(C)[C@@H]3C[C@H](O)[C@@]21C. The normalized spacial score (nSPS) is 42.9. The largest absolute Gasteiger partial charge is 0.393 e. The number of hydrogen-bond donors (Lipinski definition) is 2. The van der Waals surface area contributed by atoms with E-state index in [1.54, 1.807) is 0 Å². The van der Waals surface area contributed by atoms with Gasteiger partial charge in [-0.2, -0.15) is 4.99 Å². The second-order valence-electron chi connectivity index (χ2n) is 13.4. The molecule has 6 heteroatoms. The molecule has 0 unspecified atom stereocenters. The molecule has 6 rings (SSSR count). The summed E-state index contributed by atoms with van der Waals surface area (Å²) in [6.07, 6.45) is 9.44. The van der Waals surface area contributed by atoms with Crippen LogP contribution in [0.25, 0.3) is 0 Å². The standard InChI is InChI=1S/C31H43N3O3/c1-18(8-13-28(37)34-29-32-25-6-4-5-7-26(25)33-29)22-11-12-23-21-10-9-19-16-20(35)14-15-30(19,2)24(21)17-27(36)31(22,23)3/h4-7,18-24,27,35-36H,8-17H2,1-3H3/t18-,19+,20-,21+,22+,23-,24-,27+,30+,31-/m1/s1. The first kappa shape index (κ1) is 25.4. The first-order chi connectivity index (χ1) is 17.7. The number of carbonyl (C=O) groups is 1. The highest BCUT2D eigenvalue weighted by Gasteiger charge is 2.63. The molecule has 37 heavy (non-hydrogen) atoms. The van der Waals surface area contributed by atoms with E-state index in [0.717, 1.165) is 49.2 Å². The lowest BCUT2D eigenvalue weighted by Gasteiger charge is -2.62. The van der Waals surface area contributed by atoms with E-state index >= 15 is 0 Å². The van der Waals surface area contributed by atoms with Crippen molar-refractivity contribution in [1.82, 2.24) is 0 Å². The minimum Gasteiger partial charge on any atom is -0.393 e. The van der Waals surface area contributed by atoms with Crippen molar-refractivity contribution in [3.63, 3.8) is 0 Å². The Morgan fingerprint density at radius 1 is 1.03 bits per heavy atom. The van der Waals surface area contributed by atoms with E-state index in [2.05, 4.69) is 35.7 Å². The fourth-order valence-electron chi connectivity index (χ4n) is 9.82. The Hall–Kier alpha value is -1.92. The average Bonchev–Trinajstić information content (AvgIpc) is 3.45. The smallest absolute Gasteiger partial charge is 0.253 e. The number of hydrogen-bond acceptors (Lipinski definition) is 3. The second-order valence-corrected chi connectivity index (χ2v) is 13.4. The van der Waals surface area contributed by atoms with Gasteiger partial charge in [-0.25, -0.2) is 9.98 Å². The van der Waals surface area contributed by atoms with Gasteiger partial charge in [0.2, 0.25) is 5.91 Å². The van der Waals surface area contributed by atoms with Crippen molar-refractivity contribution in [2.24, 2.45) is 61.3 Å². The highest BCUT2D eigenvalue weighted by atomic mass is 16.3. The monoisotopic (exact) mass is 505 g/mol. The van der Waals surface area contributed by atoms with Crippen molar-refractivity contribution >= 4 is 11.9 Å². The van der Waals surface area contributed by atoms with Crippen molar-refractivity contribution < 1.29 is 15.0 Å². The summed E-state index contributed by atoms with van der Waals surface area (Å²) in [7, 11) is 0. The van der Waals surface area contributed by atoms with Crippen LogP contribution in [0.1, 0.15) is 85.0 Å². The number of carbonyl (C=O) groups excluding carboxylic acids is 1. The minimum absolute atomic E-state index is 0.0787. The molecule has 200 valence electrons. The van der Waals surface area contributed by atoms with Crippen molar-refractivity contribution in [2.45, 2.75) is 97.2 Å². The molecule has 0 spiro atoms. The van der Waals surface area contributed by atoms with E-state index in [1.807, 2.05) is 24.3 Å². The second kappa shape index (κ2) is 9.37. The van der Waals surface area contributed by atoms with Crippen LogP contribution in [0.15, 0.2) is 39.2 Å². The predicted octanol–water partition coefficient (Wildman–Crippen LogP) is 4.23. The van der Waals surface area contributed by atoms with E-state index in [9.17, 15) is 15.0 Å². The molecule has 4 aliphatic carbocycles. The van der Waals surface area contributed by atoms with Gasteiger partial charge in [-0.05, 0) is 116 Å². The van der Waals surface area contributed by atoms with E-state index in [1.165, 1.54) is 19.3 Å². The molecule has 6 nitrogen and oxygen atoms in total. The zero-order chi connectivity index (χ0) is 25.9. The molecule has 0 bridgehead atoms. The van der Waals surface area contributed by atoms with Crippen molar-refractivity contribution in [1.29, 1.82) is 0 Å². The molecule has 1 aliphatic heterocycles. The molecule has 1 amide bonds. The minimum atomic E-state index is -0.290. The number of para-hydroxylation sites is 2. The molecule has 4 fully saturated rings. The third-order valence-corrected chi connectivity index (χ3v) is 11.9. The summed E-state index contributed by atoms with van der Waals surface area (Å²) in [6, 6.07) is 7.59. The van der Waals surface area contributed by atoms with Gasteiger partial charge in [0.25, 0.3) is 5.96 Å². The topological polar surface area (TPSA) is 94.6 Å². The van der Waals surface area contributed by atoms with Crippen LogP contribution in [0.2, 0.25) is 0 Å². The highest BCUT2D eigenvalue weighted by molar-refractivity contribution is 5.94. The maximum absolute atomic E-state index is 12.7. The molecule has 10 atom stereocenters. The quantitative estimate of drug-likeness (QED) is 0.641. The zero-order valence-electron chi connectivity index (χ0n) is 22.6. The van der Waals surface area contributed by atoms with Crippen LogP contribution < -0.4 is 10.7 Å². The number of guanidine groups is 1. The molecule has 1 aromatic carbocycles. The molecular weight excluding hydrogens is 462 g/mol. The van der Waals surface area contributed by atoms with Gasteiger partial charge in [-0.15, -0.1) is 0 Å². The molecule has 2 N–H and O–H groups in total. The van der Waals surface area contributed by atoms with E-state index in [0.29, 0.717) is 41.9 Å². The molecule has 0 radical (unpaired) electrons. The summed E-state index contributed by atoms with van der Waals surface area (Å²) in [5, 5.41) is 23.6. The van der Waals surface area contributed by atoms with Crippen LogP contribution in [0.3, 0.4) is 0 Å². The first-order valence-electron chi connectivity index (χ1n) is 14.7. The van der Waals surface area contributed by atoms with Gasteiger partial charge >= 0.3 is 0 Å². The molecule has 4 saturated carbocycles. The number of aliphatic hydroxyl groups excluding tert-OH is 2. The van der Waals surface area contributed by atoms with Crippen molar-refractivity contribution in [3.8, 4) is 0 Å². The Kier molecular flexibility index (Phi) is 6.42. The summed E-state index contributed by atoms with van der Waals surface area (Å²) in [5.74, 6) is 3.31. The van der Waals surface area contributed by atoms with Crippen LogP contribution in [0, 0.1) is 46.3 Å². The van der Waals surface area contributed by atoms with Crippen LogP contribution in [0.5, 0.6) is 0 Å². The van der Waals surface area contributed by atoms with E-state index in [4.69, 9.17) is 0 Å². The Labute approximate surface area is 220 Å². The number of benzene rings is 1. The first-order valence-corrected chi connectivity index (χ1v) is 14.7. The van der Waals surface area contributed by atoms with E-state index in [-0.39, 0.29) is 34.9 Å². The van der Waals surface area contributed by atoms with Crippen LogP contribution in [-0.4, -0.2) is 34.3 Å². The Bertz CT molecular complexity index is 1180. The lowest BCUT2D eigenvalue weighted by molar-refractivity contribution is -0.174. The van der Waals surface area contributed by atoms with Crippen LogP contribution in [0.4, 0.5) is 0 Å². The molecular formula is C31H43N3O3. The number of fused-ring (bicyclic) bond motifs is 6. The predicted molar refractivity (Wildman–Crippen MR) is 142 cm³/mol. The van der Waals surface area contributed by atoms with Gasteiger partial charge in [0, 0.05) is 6.42 Å². The van der Waals surface area contributed by atoms with Gasteiger partial charge in [-0.1, -0.05) is 32.9 Å². The summed E-state index contributed by atoms with van der Waals surface area (Å²) >= 11 is 0. The lowest BCUT2D eigenvalue weighted by Crippen LogP contribution is -2.58. The Balaban J connectivity index is 1.13. The Morgan fingerprint density at radius 3 is 2.49 bits per heavy atom. The van der Waals surface area contributed by atoms with E-state index < -0.39 is 0 Å². The maximum Gasteiger partial charge on any atom is 0.253 e. The van der Waals surface area contributed by atoms with Gasteiger partial charge in [-0.3, -0.25) is 4.79 Å². The zero-order valence-corrected chi connectivity index (χ0v) is 22.6. The Morgan fingerprint density at radius 2 is 1.76 bits per heavy atom. The molecule has 1 aromatic rings. The molecule has 0 aromatic heterocycles. The number of amides is 1. The summed E-state index contributed by atoms with van der Waals surface area (Å²) in [6.45, 7) is 7.11. The van der Waals surface area contributed by atoms with Crippen LogP contribution >= 0.6 is 0 Å². The number of aliphatic hydroxyl groups is 2. The molecule has 5 aliphatic rings. The average molecular weight is 506 g/mol. The highest BCUT2D eigenvalue weighted by Crippen LogP contribution is 2.68. The van der Waals surface area contributed by atoms with Crippen molar-refractivity contribution in [3.05, 3.63) is 35.0 Å². The van der Waals surface area contributed by atoms with Gasteiger partial charge in [0.05, 0.1) is 22.9 Å². The number of rotatable bonds is 4. The van der Waals surface area contributed by atoms with Gasteiger partial charge in [0.1, 0.15) is 0 Å². The summed E-state index contributed by atoms with van der Waals surface area (Å²) in [4.78, 5) is 25.6. The van der Waals surface area contributed by atoms with Gasteiger partial charge in [0.15, 0.2) is 0 Å². The third-order valence-electron chi connectivity index (χ3n) is 11.9. The number of aliphatic imine (C=N–C) groups is 1. The lowest BCUT2D eigenvalue weighted by atomic mass is 9.43. The van der Waals surface area contributed by atoms with Crippen LogP contribution in [-0.2, 0) is 4.79 Å². The fourth-order valence-corrected chi connectivity index (χ4v) is 9.82. The van der Waals surface area contributed by atoms with Gasteiger partial charge < -0.3 is 10.2 Å². The summed E-state index contributed by atoms with van der Waals surface area (Å²) in [5.41, 5.74) is 0.181. The summed E-state index contributed by atoms with van der Waals surface area (Å²) < 4.78 is 0. The van der Waals surface area contributed by atoms with Crippen molar-refractivity contribution in [2.75, 3.05) is 0 Å². The molecule has 0 saturated heterocycles. The number of nitrogens with zero attached hydrogens (tertiary/aromatic N) is 3. The fraction of sp³-hybridized carbons (Fsp3) is 0.742. The molecule has 1 heterocycles. The maximum atomic E-state index is 12.7.